The number of allylic oxidation sites excluding steroid dienone is 1. The smallest absolute Gasteiger partial charge is 0.186 e. The van der Waals surface area contributed by atoms with Crippen molar-refractivity contribution in [1.82, 2.24) is 0 Å². The molecule has 2 nitrogen and oxygen atoms in total. The maximum atomic E-state index is 13.2. The largest absolute Gasteiger partial charge is 0.496 e. The van der Waals surface area contributed by atoms with Crippen LogP contribution in [0.4, 0.5) is 0 Å². The third kappa shape index (κ3) is 4.05. The van der Waals surface area contributed by atoms with Gasteiger partial charge in [0.2, 0.25) is 0 Å². The molecule has 0 aliphatic carbocycles. The van der Waals surface area contributed by atoms with Gasteiger partial charge >= 0.3 is 0 Å². The molecule has 0 atom stereocenters. The van der Waals surface area contributed by atoms with Gasteiger partial charge < -0.3 is 4.74 Å². The number of hydrogen-bond acceptors (Lipinski definition) is 4. The highest BCUT2D eigenvalue weighted by Gasteiger charge is 2.26. The van der Waals surface area contributed by atoms with Crippen molar-refractivity contribution in [3.8, 4) is 5.75 Å². The highest BCUT2D eigenvalue weighted by atomic mass is 32.2. The second-order valence-corrected chi connectivity index (χ2v) is 8.18. The van der Waals surface area contributed by atoms with Crippen LogP contribution in [0, 0.1) is 0 Å². The average Bonchev–Trinajstić information content (AvgIpc) is 2.67. The van der Waals surface area contributed by atoms with E-state index in [1.165, 1.54) is 6.42 Å². The first-order valence-corrected chi connectivity index (χ1v) is 10.1. The van der Waals surface area contributed by atoms with E-state index in [2.05, 4.69) is 0 Å². The molecule has 0 spiro atoms. The third-order valence-electron chi connectivity index (χ3n) is 3.83. The zero-order chi connectivity index (χ0) is 16.8. The maximum Gasteiger partial charge on any atom is 0.186 e. The summed E-state index contributed by atoms with van der Waals surface area (Å²) in [5, 5.41) is 0. The molecule has 1 saturated heterocycles. The standard InChI is InChI=1S/C20H20O2S2/c1-22-18-11-6-5-10-16(18)14-17(15-8-3-2-4-9-15)19(21)20-23-12-7-13-24-20/h2-6,8-11,14,20H,7,12-13H2,1H3. The van der Waals surface area contributed by atoms with Gasteiger partial charge in [-0.15, -0.1) is 23.5 Å². The molecular formula is C20H20O2S2. The Labute approximate surface area is 151 Å². The van der Waals surface area contributed by atoms with Crippen LogP contribution in [0.25, 0.3) is 11.6 Å². The summed E-state index contributed by atoms with van der Waals surface area (Å²) in [6.07, 6.45) is 3.14. The molecule has 0 unspecified atom stereocenters. The van der Waals surface area contributed by atoms with Gasteiger partial charge in [0.1, 0.15) is 10.3 Å². The van der Waals surface area contributed by atoms with E-state index >= 15 is 0 Å². The van der Waals surface area contributed by atoms with Crippen LogP contribution in [0.15, 0.2) is 54.6 Å². The van der Waals surface area contributed by atoms with Gasteiger partial charge in [-0.05, 0) is 35.6 Å². The SMILES string of the molecule is COc1ccccc1C=C(C(=O)C1SCCCS1)c1ccccc1. The fourth-order valence-electron chi connectivity index (χ4n) is 2.62. The zero-order valence-corrected chi connectivity index (χ0v) is 15.2. The van der Waals surface area contributed by atoms with Crippen LogP contribution in [0.2, 0.25) is 0 Å². The summed E-state index contributed by atoms with van der Waals surface area (Å²) in [6.45, 7) is 0. The van der Waals surface area contributed by atoms with Crippen LogP contribution >= 0.6 is 23.5 Å². The Morgan fingerprint density at radius 2 is 1.71 bits per heavy atom. The number of hydrogen-bond donors (Lipinski definition) is 0. The molecule has 0 saturated carbocycles. The Morgan fingerprint density at radius 3 is 2.42 bits per heavy atom. The summed E-state index contributed by atoms with van der Waals surface area (Å²) in [5.74, 6) is 3.09. The number of ether oxygens (including phenoxy) is 1. The fraction of sp³-hybridized carbons (Fsp3) is 0.250. The number of methoxy groups -OCH3 is 1. The molecule has 0 amide bonds. The van der Waals surface area contributed by atoms with Crippen LogP contribution in [-0.4, -0.2) is 29.0 Å². The van der Waals surface area contributed by atoms with Crippen molar-refractivity contribution >= 4 is 41.0 Å². The van der Waals surface area contributed by atoms with Crippen LogP contribution in [-0.2, 0) is 4.79 Å². The summed E-state index contributed by atoms with van der Waals surface area (Å²) in [5.41, 5.74) is 2.64. The summed E-state index contributed by atoms with van der Waals surface area (Å²) >= 11 is 3.51. The lowest BCUT2D eigenvalue weighted by Gasteiger charge is -2.21. The quantitative estimate of drug-likeness (QED) is 0.556. The van der Waals surface area contributed by atoms with E-state index in [1.807, 2.05) is 60.7 Å². The molecule has 1 aliphatic rings. The van der Waals surface area contributed by atoms with Crippen molar-refractivity contribution in [2.24, 2.45) is 0 Å². The molecule has 3 rings (SSSR count). The number of carbonyl (C=O) groups excluding carboxylic acids is 1. The monoisotopic (exact) mass is 356 g/mol. The molecule has 124 valence electrons. The molecule has 1 fully saturated rings. The van der Waals surface area contributed by atoms with Gasteiger partial charge in [-0.3, -0.25) is 4.79 Å². The zero-order valence-electron chi connectivity index (χ0n) is 13.6. The Hall–Kier alpha value is -1.65. The number of carbonyl (C=O) groups is 1. The van der Waals surface area contributed by atoms with Gasteiger partial charge in [0.15, 0.2) is 5.78 Å². The summed E-state index contributed by atoms with van der Waals surface area (Å²) < 4.78 is 5.43. The lowest BCUT2D eigenvalue weighted by Crippen LogP contribution is -2.19. The second-order valence-electron chi connectivity index (χ2n) is 5.46. The second kappa shape index (κ2) is 8.45. The molecule has 0 aromatic heterocycles. The summed E-state index contributed by atoms with van der Waals surface area (Å²) in [4.78, 5) is 13.2. The molecule has 2 aromatic rings. The third-order valence-corrected chi connectivity index (χ3v) is 6.73. The molecule has 24 heavy (non-hydrogen) atoms. The van der Waals surface area contributed by atoms with Crippen molar-refractivity contribution in [2.45, 2.75) is 11.0 Å². The summed E-state index contributed by atoms with van der Waals surface area (Å²) in [6, 6.07) is 17.7. The number of para-hydroxylation sites is 1. The van der Waals surface area contributed by atoms with E-state index in [1.54, 1.807) is 30.6 Å². The molecule has 4 heteroatoms. The van der Waals surface area contributed by atoms with Gasteiger partial charge in [0, 0.05) is 11.1 Å². The average molecular weight is 357 g/mol. The van der Waals surface area contributed by atoms with E-state index in [-0.39, 0.29) is 10.4 Å². The maximum absolute atomic E-state index is 13.2. The molecule has 1 aliphatic heterocycles. The van der Waals surface area contributed by atoms with Crippen LogP contribution in [0.3, 0.4) is 0 Å². The normalized spacial score (nSPS) is 16.0. The molecule has 0 N–H and O–H groups in total. The van der Waals surface area contributed by atoms with Crippen LogP contribution < -0.4 is 4.74 Å². The van der Waals surface area contributed by atoms with E-state index < -0.39 is 0 Å². The number of Topliss-reactive ketones (excluding diaryl/α,β-unsaturated/α-hetero) is 1. The molecule has 2 aromatic carbocycles. The van der Waals surface area contributed by atoms with Crippen molar-refractivity contribution in [2.75, 3.05) is 18.6 Å². The van der Waals surface area contributed by atoms with E-state index in [0.29, 0.717) is 0 Å². The van der Waals surface area contributed by atoms with Crippen LogP contribution in [0.5, 0.6) is 5.75 Å². The Bertz CT molecular complexity index is 719. The Morgan fingerprint density at radius 1 is 1.04 bits per heavy atom. The number of thioether (sulfide) groups is 2. The Balaban J connectivity index is 2.02. The van der Waals surface area contributed by atoms with Crippen molar-refractivity contribution in [3.63, 3.8) is 0 Å². The van der Waals surface area contributed by atoms with Gasteiger partial charge in [0.05, 0.1) is 7.11 Å². The predicted molar refractivity (Wildman–Crippen MR) is 106 cm³/mol. The minimum atomic E-state index is -0.0140. The molecule has 0 bridgehead atoms. The van der Waals surface area contributed by atoms with Crippen molar-refractivity contribution in [1.29, 1.82) is 0 Å². The van der Waals surface area contributed by atoms with E-state index in [0.717, 1.165) is 34.0 Å². The lowest BCUT2D eigenvalue weighted by molar-refractivity contribution is -0.112. The van der Waals surface area contributed by atoms with Gasteiger partial charge in [0.25, 0.3) is 0 Å². The first-order valence-electron chi connectivity index (χ1n) is 7.97. The highest BCUT2D eigenvalue weighted by Crippen LogP contribution is 2.36. The first-order chi connectivity index (χ1) is 11.8. The number of ketones is 1. The van der Waals surface area contributed by atoms with Crippen LogP contribution in [0.1, 0.15) is 17.5 Å². The minimum Gasteiger partial charge on any atom is -0.496 e. The van der Waals surface area contributed by atoms with E-state index in [9.17, 15) is 4.79 Å². The first kappa shape index (κ1) is 17.2. The minimum absolute atomic E-state index is 0.0140. The van der Waals surface area contributed by atoms with Gasteiger partial charge in [-0.1, -0.05) is 48.5 Å². The molecule has 0 radical (unpaired) electrons. The topological polar surface area (TPSA) is 26.3 Å². The van der Waals surface area contributed by atoms with Crippen molar-refractivity contribution < 1.29 is 9.53 Å². The number of rotatable bonds is 5. The Kier molecular flexibility index (Phi) is 6.05. The van der Waals surface area contributed by atoms with Crippen molar-refractivity contribution in [3.05, 3.63) is 65.7 Å². The van der Waals surface area contributed by atoms with Gasteiger partial charge in [-0.25, -0.2) is 0 Å². The number of benzene rings is 2. The fourth-order valence-corrected chi connectivity index (χ4v) is 5.37. The van der Waals surface area contributed by atoms with Gasteiger partial charge in [-0.2, -0.15) is 0 Å². The van der Waals surface area contributed by atoms with E-state index in [4.69, 9.17) is 4.74 Å². The lowest BCUT2D eigenvalue weighted by atomic mass is 9.99. The predicted octanol–water partition coefficient (Wildman–Crippen LogP) is 5.00. The summed E-state index contributed by atoms with van der Waals surface area (Å²) in [7, 11) is 1.66. The highest BCUT2D eigenvalue weighted by molar-refractivity contribution is 8.18. The molecule has 1 heterocycles. The molecular weight excluding hydrogens is 336 g/mol.